The largest absolute Gasteiger partial charge is 0.395 e. The zero-order valence-electron chi connectivity index (χ0n) is 10.8. The molecule has 0 aromatic carbocycles. The topological polar surface area (TPSA) is 41.3 Å². The van der Waals surface area contributed by atoms with E-state index in [1.54, 1.807) is 0 Å². The van der Waals surface area contributed by atoms with Gasteiger partial charge in [-0.2, -0.15) is 0 Å². The van der Waals surface area contributed by atoms with Crippen molar-refractivity contribution in [1.29, 1.82) is 0 Å². The molecule has 1 aliphatic rings. The normalized spacial score (nSPS) is 16.8. The molecule has 1 N–H and O–H groups in total. The maximum Gasteiger partial charge on any atom is 0.0951 e. The summed E-state index contributed by atoms with van der Waals surface area (Å²) in [6.45, 7) is 6.26. The maximum atomic E-state index is 9.15. The highest BCUT2D eigenvalue weighted by Crippen LogP contribution is 2.26. The Labute approximate surface area is 103 Å². The molecule has 0 radical (unpaired) electrons. The van der Waals surface area contributed by atoms with Crippen LogP contribution in [-0.2, 0) is 6.54 Å². The lowest BCUT2D eigenvalue weighted by molar-refractivity contribution is 0.0919. The molecule has 2 rings (SSSR count). The van der Waals surface area contributed by atoms with Crippen LogP contribution in [-0.4, -0.2) is 38.8 Å². The minimum absolute atomic E-state index is 0.242. The van der Waals surface area contributed by atoms with Crippen molar-refractivity contribution in [3.05, 3.63) is 18.2 Å². The third kappa shape index (κ3) is 2.87. The Hall–Kier alpha value is -0.870. The Kier molecular flexibility index (Phi) is 4.18. The molecule has 0 saturated heterocycles. The molecule has 96 valence electrons. The van der Waals surface area contributed by atoms with E-state index in [0.29, 0.717) is 12.1 Å². The molecule has 0 atom stereocenters. The van der Waals surface area contributed by atoms with Gasteiger partial charge in [0.2, 0.25) is 0 Å². The smallest absolute Gasteiger partial charge is 0.0951 e. The standard InChI is InChI=1S/C13H23N3O/c1-11(2)16-10-14-8-13(16)9-15(6-7-17)12-4-3-5-12/h8,10-12,17H,3-7,9H2,1-2H3. The second-order valence-electron chi connectivity index (χ2n) is 5.16. The molecule has 1 saturated carbocycles. The number of aliphatic hydroxyl groups excluding tert-OH is 1. The summed E-state index contributed by atoms with van der Waals surface area (Å²) >= 11 is 0. The summed E-state index contributed by atoms with van der Waals surface area (Å²) in [5.41, 5.74) is 1.25. The highest BCUT2D eigenvalue weighted by Gasteiger charge is 2.25. The summed E-state index contributed by atoms with van der Waals surface area (Å²) in [7, 11) is 0. The van der Waals surface area contributed by atoms with E-state index in [-0.39, 0.29) is 6.61 Å². The molecule has 4 nitrogen and oxygen atoms in total. The molecule has 4 heteroatoms. The van der Waals surface area contributed by atoms with Crippen LogP contribution >= 0.6 is 0 Å². The molecule has 0 aliphatic heterocycles. The summed E-state index contributed by atoms with van der Waals surface area (Å²) in [4.78, 5) is 6.62. The van der Waals surface area contributed by atoms with Gasteiger partial charge >= 0.3 is 0 Å². The Morgan fingerprint density at radius 3 is 2.82 bits per heavy atom. The van der Waals surface area contributed by atoms with Gasteiger partial charge in [0.25, 0.3) is 0 Å². The van der Waals surface area contributed by atoms with Gasteiger partial charge in [-0.1, -0.05) is 6.42 Å². The monoisotopic (exact) mass is 237 g/mol. The third-order valence-corrected chi connectivity index (χ3v) is 3.65. The first kappa shape index (κ1) is 12.6. The van der Waals surface area contributed by atoms with Gasteiger partial charge in [-0.3, -0.25) is 4.90 Å². The average molecular weight is 237 g/mol. The lowest BCUT2D eigenvalue weighted by Gasteiger charge is -2.37. The van der Waals surface area contributed by atoms with Crippen LogP contribution in [0.3, 0.4) is 0 Å². The predicted octanol–water partition coefficient (Wildman–Crippen LogP) is 1.81. The van der Waals surface area contributed by atoms with E-state index in [0.717, 1.165) is 13.1 Å². The van der Waals surface area contributed by atoms with Gasteiger partial charge < -0.3 is 9.67 Å². The summed E-state index contributed by atoms with van der Waals surface area (Å²) in [5, 5.41) is 9.15. The molecule has 0 bridgehead atoms. The number of rotatable bonds is 6. The van der Waals surface area contributed by atoms with Crippen LogP contribution in [0.25, 0.3) is 0 Å². The minimum atomic E-state index is 0.242. The quantitative estimate of drug-likeness (QED) is 0.820. The lowest BCUT2D eigenvalue weighted by Crippen LogP contribution is -2.41. The molecule has 1 fully saturated rings. The van der Waals surface area contributed by atoms with Gasteiger partial charge in [0.05, 0.1) is 18.6 Å². The fourth-order valence-electron chi connectivity index (χ4n) is 2.40. The van der Waals surface area contributed by atoms with Gasteiger partial charge in [-0.05, 0) is 26.7 Å². The van der Waals surface area contributed by atoms with Crippen LogP contribution in [0.4, 0.5) is 0 Å². The fraction of sp³-hybridized carbons (Fsp3) is 0.769. The van der Waals surface area contributed by atoms with Crippen molar-refractivity contribution >= 4 is 0 Å². The van der Waals surface area contributed by atoms with Crippen molar-refractivity contribution in [2.24, 2.45) is 0 Å². The first-order chi connectivity index (χ1) is 8.22. The third-order valence-electron chi connectivity index (χ3n) is 3.65. The van der Waals surface area contributed by atoms with Crippen molar-refractivity contribution in [3.63, 3.8) is 0 Å². The second-order valence-corrected chi connectivity index (χ2v) is 5.16. The van der Waals surface area contributed by atoms with Crippen LogP contribution in [0.2, 0.25) is 0 Å². The molecule has 1 aromatic heterocycles. The van der Waals surface area contributed by atoms with Crippen LogP contribution in [0.15, 0.2) is 12.5 Å². The lowest BCUT2D eigenvalue weighted by atomic mass is 9.91. The van der Waals surface area contributed by atoms with Crippen LogP contribution in [0.5, 0.6) is 0 Å². The minimum Gasteiger partial charge on any atom is -0.395 e. The van der Waals surface area contributed by atoms with E-state index in [4.69, 9.17) is 5.11 Å². The molecule has 1 heterocycles. The highest BCUT2D eigenvalue weighted by atomic mass is 16.3. The Morgan fingerprint density at radius 2 is 2.29 bits per heavy atom. The SMILES string of the molecule is CC(C)n1cncc1CN(CCO)C1CCC1. The summed E-state index contributed by atoms with van der Waals surface area (Å²) < 4.78 is 2.21. The number of hydrogen-bond acceptors (Lipinski definition) is 3. The van der Waals surface area contributed by atoms with E-state index >= 15 is 0 Å². The number of imidazole rings is 1. The van der Waals surface area contributed by atoms with Crippen LogP contribution < -0.4 is 0 Å². The number of aliphatic hydroxyl groups is 1. The number of nitrogens with zero attached hydrogens (tertiary/aromatic N) is 3. The van der Waals surface area contributed by atoms with Gasteiger partial charge in [0.1, 0.15) is 0 Å². The highest BCUT2D eigenvalue weighted by molar-refractivity contribution is 5.01. The van der Waals surface area contributed by atoms with E-state index in [1.807, 2.05) is 12.5 Å². The van der Waals surface area contributed by atoms with Gasteiger partial charge in [0.15, 0.2) is 0 Å². The van der Waals surface area contributed by atoms with E-state index in [9.17, 15) is 0 Å². The Bertz CT molecular complexity index is 344. The molecule has 0 spiro atoms. The van der Waals surface area contributed by atoms with E-state index < -0.39 is 0 Å². The summed E-state index contributed by atoms with van der Waals surface area (Å²) in [6, 6.07) is 1.11. The maximum absolute atomic E-state index is 9.15. The predicted molar refractivity (Wildman–Crippen MR) is 67.7 cm³/mol. The van der Waals surface area contributed by atoms with Crippen LogP contribution in [0.1, 0.15) is 44.8 Å². The molecule has 0 amide bonds. The van der Waals surface area contributed by atoms with E-state index in [1.165, 1.54) is 25.0 Å². The van der Waals surface area contributed by atoms with E-state index in [2.05, 4.69) is 28.3 Å². The molecule has 17 heavy (non-hydrogen) atoms. The fourth-order valence-corrected chi connectivity index (χ4v) is 2.40. The number of hydrogen-bond donors (Lipinski definition) is 1. The number of aromatic nitrogens is 2. The molecule has 1 aromatic rings. The molecular weight excluding hydrogens is 214 g/mol. The zero-order valence-corrected chi connectivity index (χ0v) is 10.8. The summed E-state index contributed by atoms with van der Waals surface area (Å²) in [6.07, 6.45) is 7.72. The molecule has 1 aliphatic carbocycles. The van der Waals surface area contributed by atoms with Crippen molar-refractivity contribution < 1.29 is 5.11 Å². The van der Waals surface area contributed by atoms with Crippen molar-refractivity contribution in [2.45, 2.75) is 51.7 Å². The first-order valence-electron chi connectivity index (χ1n) is 6.58. The average Bonchev–Trinajstić information content (AvgIpc) is 2.63. The van der Waals surface area contributed by atoms with Crippen molar-refractivity contribution in [3.8, 4) is 0 Å². The molecule has 0 unspecified atom stereocenters. The van der Waals surface area contributed by atoms with Gasteiger partial charge in [-0.15, -0.1) is 0 Å². The zero-order chi connectivity index (χ0) is 12.3. The van der Waals surface area contributed by atoms with Gasteiger partial charge in [-0.25, -0.2) is 4.98 Å². The first-order valence-corrected chi connectivity index (χ1v) is 6.58. The second kappa shape index (κ2) is 5.65. The van der Waals surface area contributed by atoms with Crippen molar-refractivity contribution in [1.82, 2.24) is 14.5 Å². The molecular formula is C13H23N3O. The van der Waals surface area contributed by atoms with Crippen molar-refractivity contribution in [2.75, 3.05) is 13.2 Å². The van der Waals surface area contributed by atoms with Gasteiger partial charge in [0, 0.05) is 31.4 Å². The van der Waals surface area contributed by atoms with Crippen LogP contribution in [0, 0.1) is 0 Å². The summed E-state index contributed by atoms with van der Waals surface area (Å²) in [5.74, 6) is 0. The Morgan fingerprint density at radius 1 is 1.53 bits per heavy atom. The Balaban J connectivity index is 2.03.